The molecule has 20 heavy (non-hydrogen) atoms. The molecule has 5 nitrogen and oxygen atoms in total. The van der Waals surface area contributed by atoms with Gasteiger partial charge in [-0.3, -0.25) is 4.79 Å². The Bertz CT molecular complexity index is 600. The molecule has 0 unspecified atom stereocenters. The molecular weight excluding hydrogens is 278 g/mol. The Labute approximate surface area is 119 Å². The topological polar surface area (TPSA) is 74.7 Å². The number of carbonyl (C=O) groups is 1. The number of carboxylic acid groups (broad SMARTS) is 1. The number of rotatable bonds is 6. The van der Waals surface area contributed by atoms with Crippen LogP contribution in [0.3, 0.4) is 0 Å². The number of hydrogen-bond acceptors (Lipinski definition) is 3. The molecule has 1 aromatic carbocycles. The highest BCUT2D eigenvalue weighted by atomic mass is 32.2. The minimum Gasteiger partial charge on any atom is -0.480 e. The van der Waals surface area contributed by atoms with E-state index in [1.54, 1.807) is 12.1 Å². The minimum atomic E-state index is -3.74. The zero-order valence-electron chi connectivity index (χ0n) is 11.7. The van der Waals surface area contributed by atoms with Crippen molar-refractivity contribution in [2.24, 2.45) is 5.92 Å². The van der Waals surface area contributed by atoms with Gasteiger partial charge in [0.25, 0.3) is 0 Å². The van der Waals surface area contributed by atoms with Crippen molar-refractivity contribution in [3.63, 3.8) is 0 Å². The van der Waals surface area contributed by atoms with Crippen LogP contribution in [0.2, 0.25) is 0 Å². The third-order valence-electron chi connectivity index (χ3n) is 3.30. The second kappa shape index (κ2) is 5.54. The molecule has 0 heterocycles. The standard InChI is InChI=1S/C14H19NO4S/c1-10-5-11(2)7-13(6-10)20(18,19)15(9-14(16)17)8-12-3-4-12/h5-7,12H,3-4,8-9H2,1-2H3,(H,16,17). The van der Waals surface area contributed by atoms with E-state index in [-0.39, 0.29) is 4.90 Å². The van der Waals surface area contributed by atoms with E-state index in [1.165, 1.54) is 0 Å². The predicted molar refractivity (Wildman–Crippen MR) is 75.0 cm³/mol. The molecule has 0 saturated heterocycles. The van der Waals surface area contributed by atoms with Crippen molar-refractivity contribution in [1.29, 1.82) is 0 Å². The van der Waals surface area contributed by atoms with E-state index in [4.69, 9.17) is 5.11 Å². The summed E-state index contributed by atoms with van der Waals surface area (Å²) in [6.45, 7) is 3.47. The monoisotopic (exact) mass is 297 g/mol. The van der Waals surface area contributed by atoms with Crippen LogP contribution in [-0.2, 0) is 14.8 Å². The zero-order chi connectivity index (χ0) is 14.9. The summed E-state index contributed by atoms with van der Waals surface area (Å²) in [4.78, 5) is 11.1. The fraction of sp³-hybridized carbons (Fsp3) is 0.500. The van der Waals surface area contributed by atoms with Crippen molar-refractivity contribution >= 4 is 16.0 Å². The molecule has 0 aliphatic heterocycles. The number of aliphatic carboxylic acids is 1. The zero-order valence-corrected chi connectivity index (χ0v) is 12.5. The van der Waals surface area contributed by atoms with Gasteiger partial charge in [-0.1, -0.05) is 6.07 Å². The fourth-order valence-corrected chi connectivity index (χ4v) is 3.87. The summed E-state index contributed by atoms with van der Waals surface area (Å²) < 4.78 is 26.3. The normalized spacial score (nSPS) is 15.6. The van der Waals surface area contributed by atoms with Gasteiger partial charge in [0.15, 0.2) is 0 Å². The van der Waals surface area contributed by atoms with Gasteiger partial charge in [0.05, 0.1) is 4.90 Å². The van der Waals surface area contributed by atoms with Crippen molar-refractivity contribution in [3.8, 4) is 0 Å². The first kappa shape index (κ1) is 15.0. The summed E-state index contributed by atoms with van der Waals surface area (Å²) >= 11 is 0. The number of sulfonamides is 1. The molecule has 0 amide bonds. The Kier molecular flexibility index (Phi) is 4.15. The van der Waals surface area contributed by atoms with Crippen molar-refractivity contribution in [3.05, 3.63) is 29.3 Å². The maximum atomic E-state index is 12.6. The molecule has 1 fully saturated rings. The average Bonchev–Trinajstić information content (AvgIpc) is 3.10. The summed E-state index contributed by atoms with van der Waals surface area (Å²) in [7, 11) is -3.74. The van der Waals surface area contributed by atoms with Gasteiger partial charge in [0.2, 0.25) is 10.0 Å². The Morgan fingerprint density at radius 1 is 1.25 bits per heavy atom. The lowest BCUT2D eigenvalue weighted by Gasteiger charge is -2.20. The maximum absolute atomic E-state index is 12.6. The molecule has 0 atom stereocenters. The van der Waals surface area contributed by atoms with E-state index >= 15 is 0 Å². The first-order valence-electron chi connectivity index (χ1n) is 6.59. The third-order valence-corrected chi connectivity index (χ3v) is 5.09. The predicted octanol–water partition coefficient (Wildman–Crippen LogP) is 1.79. The Balaban J connectivity index is 2.34. The molecule has 0 radical (unpaired) electrons. The lowest BCUT2D eigenvalue weighted by atomic mass is 10.2. The number of nitrogens with zero attached hydrogens (tertiary/aromatic N) is 1. The lowest BCUT2D eigenvalue weighted by molar-refractivity contribution is -0.137. The highest BCUT2D eigenvalue weighted by molar-refractivity contribution is 7.89. The van der Waals surface area contributed by atoms with E-state index in [1.807, 2.05) is 19.9 Å². The second-order valence-corrected chi connectivity index (χ2v) is 7.40. The largest absolute Gasteiger partial charge is 0.480 e. The Morgan fingerprint density at radius 3 is 2.25 bits per heavy atom. The van der Waals surface area contributed by atoms with Gasteiger partial charge in [-0.25, -0.2) is 8.42 Å². The molecule has 6 heteroatoms. The van der Waals surface area contributed by atoms with Crippen LogP contribution in [0.15, 0.2) is 23.1 Å². The number of hydrogen-bond donors (Lipinski definition) is 1. The van der Waals surface area contributed by atoms with E-state index in [2.05, 4.69) is 0 Å². The molecule has 1 aromatic rings. The van der Waals surface area contributed by atoms with Gasteiger partial charge in [-0.2, -0.15) is 4.31 Å². The van der Waals surface area contributed by atoms with Crippen LogP contribution in [0.1, 0.15) is 24.0 Å². The van der Waals surface area contributed by atoms with Gasteiger partial charge < -0.3 is 5.11 Å². The van der Waals surface area contributed by atoms with Crippen LogP contribution in [0.4, 0.5) is 0 Å². The van der Waals surface area contributed by atoms with Crippen LogP contribution >= 0.6 is 0 Å². The van der Waals surface area contributed by atoms with Crippen molar-refractivity contribution in [2.45, 2.75) is 31.6 Å². The highest BCUT2D eigenvalue weighted by Crippen LogP contribution is 2.31. The summed E-state index contributed by atoms with van der Waals surface area (Å²) in [5.41, 5.74) is 1.70. The molecule has 0 spiro atoms. The molecular formula is C14H19NO4S. The molecule has 1 N–H and O–H groups in total. The minimum absolute atomic E-state index is 0.178. The third kappa shape index (κ3) is 3.58. The molecule has 0 aromatic heterocycles. The molecule has 0 bridgehead atoms. The quantitative estimate of drug-likeness (QED) is 0.868. The van der Waals surface area contributed by atoms with Crippen LogP contribution in [0, 0.1) is 19.8 Å². The first-order chi connectivity index (χ1) is 9.29. The van der Waals surface area contributed by atoms with Crippen molar-refractivity contribution in [2.75, 3.05) is 13.1 Å². The van der Waals surface area contributed by atoms with E-state index in [0.717, 1.165) is 28.3 Å². The van der Waals surface area contributed by atoms with Gasteiger partial charge >= 0.3 is 5.97 Å². The van der Waals surface area contributed by atoms with Crippen LogP contribution in [-0.4, -0.2) is 36.9 Å². The molecule has 2 rings (SSSR count). The van der Waals surface area contributed by atoms with Crippen LogP contribution in [0.25, 0.3) is 0 Å². The summed E-state index contributed by atoms with van der Waals surface area (Å²) in [5, 5.41) is 8.93. The lowest BCUT2D eigenvalue weighted by Crippen LogP contribution is -2.37. The van der Waals surface area contributed by atoms with Crippen LogP contribution in [0.5, 0.6) is 0 Å². The number of benzene rings is 1. The van der Waals surface area contributed by atoms with Gasteiger partial charge in [0, 0.05) is 6.54 Å². The van der Waals surface area contributed by atoms with E-state index in [0.29, 0.717) is 12.5 Å². The Hall–Kier alpha value is -1.40. The second-order valence-electron chi connectivity index (χ2n) is 5.46. The van der Waals surface area contributed by atoms with Gasteiger partial charge in [0.1, 0.15) is 6.54 Å². The van der Waals surface area contributed by atoms with E-state index < -0.39 is 22.5 Å². The molecule has 110 valence electrons. The maximum Gasteiger partial charge on any atom is 0.318 e. The smallest absolute Gasteiger partial charge is 0.318 e. The summed E-state index contributed by atoms with van der Waals surface area (Å²) in [5.74, 6) is -0.825. The Morgan fingerprint density at radius 2 is 1.80 bits per heavy atom. The number of carboxylic acids is 1. The van der Waals surface area contributed by atoms with Gasteiger partial charge in [-0.05, 0) is 55.9 Å². The highest BCUT2D eigenvalue weighted by Gasteiger charge is 2.33. The average molecular weight is 297 g/mol. The first-order valence-corrected chi connectivity index (χ1v) is 8.03. The fourth-order valence-electron chi connectivity index (χ4n) is 2.22. The van der Waals surface area contributed by atoms with Crippen molar-refractivity contribution < 1.29 is 18.3 Å². The number of aryl methyl sites for hydroxylation is 2. The summed E-state index contributed by atoms with van der Waals surface area (Å²) in [6.07, 6.45) is 1.94. The molecule has 1 saturated carbocycles. The SMILES string of the molecule is Cc1cc(C)cc(S(=O)(=O)N(CC(=O)O)CC2CC2)c1. The van der Waals surface area contributed by atoms with E-state index in [9.17, 15) is 13.2 Å². The van der Waals surface area contributed by atoms with Gasteiger partial charge in [-0.15, -0.1) is 0 Å². The van der Waals surface area contributed by atoms with Crippen molar-refractivity contribution in [1.82, 2.24) is 4.31 Å². The molecule has 1 aliphatic rings. The van der Waals surface area contributed by atoms with Crippen LogP contribution < -0.4 is 0 Å². The summed E-state index contributed by atoms with van der Waals surface area (Å²) in [6, 6.07) is 5.07. The molecule has 1 aliphatic carbocycles.